The fraction of sp³-hybridized carbons (Fsp3) is 0.278. The summed E-state index contributed by atoms with van der Waals surface area (Å²) in [4.78, 5) is 12.7. The van der Waals surface area contributed by atoms with Crippen LogP contribution in [0.15, 0.2) is 42.5 Å². The molecule has 2 heteroatoms. The molecule has 0 aromatic heterocycles. The summed E-state index contributed by atoms with van der Waals surface area (Å²) >= 11 is 0. The average molecular weight is 265 g/mol. The lowest BCUT2D eigenvalue weighted by molar-refractivity contribution is 0.103. The van der Waals surface area contributed by atoms with Crippen molar-refractivity contribution in [3.8, 4) is 0 Å². The molecule has 20 heavy (non-hydrogen) atoms. The van der Waals surface area contributed by atoms with Gasteiger partial charge in [-0.05, 0) is 36.1 Å². The van der Waals surface area contributed by atoms with E-state index in [4.69, 9.17) is 0 Å². The first kappa shape index (κ1) is 13.1. The Morgan fingerprint density at radius 1 is 1.15 bits per heavy atom. The van der Waals surface area contributed by atoms with E-state index in [1.807, 2.05) is 36.4 Å². The van der Waals surface area contributed by atoms with Crippen LogP contribution >= 0.6 is 0 Å². The molecule has 2 aromatic rings. The molecule has 0 atom stereocenters. The van der Waals surface area contributed by atoms with Crippen LogP contribution in [0, 0.1) is 0 Å². The van der Waals surface area contributed by atoms with Crippen LogP contribution in [0.3, 0.4) is 0 Å². The molecule has 0 spiro atoms. The van der Waals surface area contributed by atoms with Crippen LogP contribution < -0.4 is 5.32 Å². The third-order valence-electron chi connectivity index (χ3n) is 4.01. The minimum absolute atomic E-state index is 0.145. The first-order valence-corrected chi connectivity index (χ1v) is 7.24. The van der Waals surface area contributed by atoms with Gasteiger partial charge in [-0.3, -0.25) is 4.79 Å². The summed E-state index contributed by atoms with van der Waals surface area (Å²) in [7, 11) is 0. The van der Waals surface area contributed by atoms with E-state index in [2.05, 4.69) is 18.3 Å². The molecular weight excluding hydrogens is 246 g/mol. The molecule has 102 valence electrons. The fourth-order valence-corrected chi connectivity index (χ4v) is 2.79. The van der Waals surface area contributed by atoms with Crippen molar-refractivity contribution in [2.45, 2.75) is 26.3 Å². The summed E-state index contributed by atoms with van der Waals surface area (Å²) in [5.74, 6) is 0.145. The van der Waals surface area contributed by atoms with Crippen LogP contribution in [-0.4, -0.2) is 12.3 Å². The van der Waals surface area contributed by atoms with Gasteiger partial charge in [0.2, 0.25) is 0 Å². The number of hydrogen-bond acceptors (Lipinski definition) is 2. The summed E-state index contributed by atoms with van der Waals surface area (Å²) in [5, 5.41) is 3.35. The van der Waals surface area contributed by atoms with Crippen molar-refractivity contribution in [3.05, 3.63) is 70.3 Å². The lowest BCUT2D eigenvalue weighted by Crippen LogP contribution is -2.25. The van der Waals surface area contributed by atoms with Crippen molar-refractivity contribution in [1.82, 2.24) is 5.32 Å². The van der Waals surface area contributed by atoms with E-state index in [9.17, 15) is 4.79 Å². The Balaban J connectivity index is 1.97. The lowest BCUT2D eigenvalue weighted by atomic mass is 9.91. The Morgan fingerprint density at radius 3 is 2.70 bits per heavy atom. The number of aryl methyl sites for hydroxylation is 1. The normalized spacial score (nSPS) is 13.8. The number of rotatable bonds is 3. The van der Waals surface area contributed by atoms with Crippen LogP contribution in [0.4, 0.5) is 0 Å². The molecular formula is C18H19NO. The largest absolute Gasteiger partial charge is 0.312 e. The monoisotopic (exact) mass is 265 g/mol. The standard InChI is InChI=1S/C18H19NO/c1-2-13-6-8-14(9-7-13)18(20)17-5-3-4-15-12-19-11-10-16(15)17/h3-9,19H,2,10-12H2,1H3. The Bertz CT molecular complexity index is 628. The molecule has 0 bridgehead atoms. The second kappa shape index (κ2) is 5.59. The molecule has 0 unspecified atom stereocenters. The van der Waals surface area contributed by atoms with Gasteiger partial charge < -0.3 is 5.32 Å². The van der Waals surface area contributed by atoms with Gasteiger partial charge in [-0.2, -0.15) is 0 Å². The molecule has 1 heterocycles. The molecule has 1 aliphatic rings. The molecule has 0 fully saturated rings. The van der Waals surface area contributed by atoms with E-state index in [1.165, 1.54) is 16.7 Å². The number of benzene rings is 2. The van der Waals surface area contributed by atoms with Crippen molar-refractivity contribution in [3.63, 3.8) is 0 Å². The molecule has 1 aliphatic heterocycles. The summed E-state index contributed by atoms with van der Waals surface area (Å²) in [5.41, 5.74) is 5.39. The fourth-order valence-electron chi connectivity index (χ4n) is 2.79. The molecule has 0 saturated carbocycles. The summed E-state index contributed by atoms with van der Waals surface area (Å²) < 4.78 is 0. The molecule has 0 amide bonds. The highest BCUT2D eigenvalue weighted by Gasteiger charge is 2.18. The van der Waals surface area contributed by atoms with Crippen molar-refractivity contribution in [2.24, 2.45) is 0 Å². The van der Waals surface area contributed by atoms with Gasteiger partial charge in [0.05, 0.1) is 0 Å². The van der Waals surface area contributed by atoms with Crippen LogP contribution in [-0.2, 0) is 19.4 Å². The molecule has 2 nitrogen and oxygen atoms in total. The number of ketones is 1. The van der Waals surface area contributed by atoms with E-state index >= 15 is 0 Å². The van der Waals surface area contributed by atoms with Crippen molar-refractivity contribution < 1.29 is 4.79 Å². The SMILES string of the molecule is CCc1ccc(C(=O)c2cccc3c2CCNC3)cc1. The van der Waals surface area contributed by atoms with E-state index in [-0.39, 0.29) is 5.78 Å². The molecule has 0 aliphatic carbocycles. The van der Waals surface area contributed by atoms with Gasteiger partial charge in [0.25, 0.3) is 0 Å². The molecule has 0 saturated heterocycles. The maximum Gasteiger partial charge on any atom is 0.193 e. The number of carbonyl (C=O) groups excluding carboxylic acids is 1. The molecule has 1 N–H and O–H groups in total. The highest BCUT2D eigenvalue weighted by molar-refractivity contribution is 6.10. The van der Waals surface area contributed by atoms with E-state index < -0.39 is 0 Å². The van der Waals surface area contributed by atoms with Gasteiger partial charge in [-0.25, -0.2) is 0 Å². The van der Waals surface area contributed by atoms with Crippen molar-refractivity contribution >= 4 is 5.78 Å². The third-order valence-corrected chi connectivity index (χ3v) is 4.01. The predicted octanol–water partition coefficient (Wildman–Crippen LogP) is 3.13. The van der Waals surface area contributed by atoms with E-state index in [0.717, 1.165) is 37.1 Å². The second-order valence-electron chi connectivity index (χ2n) is 5.25. The maximum absolute atomic E-state index is 12.7. The van der Waals surface area contributed by atoms with Gasteiger partial charge in [0, 0.05) is 17.7 Å². The number of hydrogen-bond donors (Lipinski definition) is 1. The first-order chi connectivity index (χ1) is 9.79. The van der Waals surface area contributed by atoms with Gasteiger partial charge in [0.1, 0.15) is 0 Å². The first-order valence-electron chi connectivity index (χ1n) is 7.24. The average Bonchev–Trinajstić information content (AvgIpc) is 2.54. The van der Waals surface area contributed by atoms with Crippen LogP contribution in [0.2, 0.25) is 0 Å². The van der Waals surface area contributed by atoms with Crippen molar-refractivity contribution in [2.75, 3.05) is 6.54 Å². The lowest BCUT2D eigenvalue weighted by Gasteiger charge is -2.19. The number of nitrogens with one attached hydrogen (secondary N) is 1. The molecule has 3 rings (SSSR count). The molecule has 2 aromatic carbocycles. The minimum atomic E-state index is 0.145. The summed E-state index contributed by atoms with van der Waals surface area (Å²) in [6, 6.07) is 14.0. The number of carbonyl (C=O) groups is 1. The third kappa shape index (κ3) is 2.39. The topological polar surface area (TPSA) is 29.1 Å². The predicted molar refractivity (Wildman–Crippen MR) is 81.1 cm³/mol. The number of fused-ring (bicyclic) bond motifs is 1. The Labute approximate surface area is 119 Å². The quantitative estimate of drug-likeness (QED) is 0.864. The van der Waals surface area contributed by atoms with Gasteiger partial charge in [0.15, 0.2) is 5.78 Å². The van der Waals surface area contributed by atoms with Gasteiger partial charge >= 0.3 is 0 Å². The zero-order valence-corrected chi connectivity index (χ0v) is 11.8. The summed E-state index contributed by atoms with van der Waals surface area (Å²) in [6.45, 7) is 3.94. The maximum atomic E-state index is 12.7. The molecule has 0 radical (unpaired) electrons. The smallest absolute Gasteiger partial charge is 0.193 e. The van der Waals surface area contributed by atoms with Crippen LogP contribution in [0.5, 0.6) is 0 Å². The van der Waals surface area contributed by atoms with Crippen LogP contribution in [0.25, 0.3) is 0 Å². The Hall–Kier alpha value is -1.93. The van der Waals surface area contributed by atoms with Gasteiger partial charge in [-0.1, -0.05) is 49.4 Å². The Morgan fingerprint density at radius 2 is 1.95 bits per heavy atom. The van der Waals surface area contributed by atoms with Gasteiger partial charge in [-0.15, -0.1) is 0 Å². The highest BCUT2D eigenvalue weighted by atomic mass is 16.1. The summed E-state index contributed by atoms with van der Waals surface area (Å²) in [6.07, 6.45) is 1.94. The van der Waals surface area contributed by atoms with Crippen LogP contribution in [0.1, 0.15) is 39.5 Å². The van der Waals surface area contributed by atoms with Crippen molar-refractivity contribution in [1.29, 1.82) is 0 Å². The minimum Gasteiger partial charge on any atom is -0.312 e. The van der Waals surface area contributed by atoms with E-state index in [1.54, 1.807) is 0 Å². The van der Waals surface area contributed by atoms with E-state index in [0.29, 0.717) is 0 Å². The highest BCUT2D eigenvalue weighted by Crippen LogP contribution is 2.21. The zero-order valence-electron chi connectivity index (χ0n) is 11.8. The Kier molecular flexibility index (Phi) is 3.66. The zero-order chi connectivity index (χ0) is 13.9. The second-order valence-corrected chi connectivity index (χ2v) is 5.25.